The number of anilines is 1. The Kier molecular flexibility index (Phi) is 6.08. The lowest BCUT2D eigenvalue weighted by atomic mass is 10.2. The molecule has 1 rings (SSSR count). The van der Waals surface area contributed by atoms with Crippen LogP contribution in [-0.2, 0) is 0 Å². The fourth-order valence-corrected chi connectivity index (χ4v) is 1.84. The van der Waals surface area contributed by atoms with E-state index in [1.54, 1.807) is 6.20 Å². The van der Waals surface area contributed by atoms with Crippen molar-refractivity contribution in [3.8, 4) is 0 Å². The SMILES string of the molecule is CCCN(CCN(C)C)c1cccnc1/C(N)=N/O. The highest BCUT2D eigenvalue weighted by Crippen LogP contribution is 2.18. The number of pyridine rings is 1. The Bertz CT molecular complexity index is 419. The van der Waals surface area contributed by atoms with Crippen LogP contribution in [0.3, 0.4) is 0 Å². The second-order valence-electron chi connectivity index (χ2n) is 4.65. The number of aromatic nitrogens is 1. The van der Waals surface area contributed by atoms with Crippen LogP contribution < -0.4 is 10.6 Å². The first-order valence-electron chi connectivity index (χ1n) is 6.42. The molecule has 1 heterocycles. The summed E-state index contributed by atoms with van der Waals surface area (Å²) >= 11 is 0. The summed E-state index contributed by atoms with van der Waals surface area (Å²) in [5, 5.41) is 11.9. The van der Waals surface area contributed by atoms with Gasteiger partial charge in [0.25, 0.3) is 0 Å². The van der Waals surface area contributed by atoms with Gasteiger partial charge in [0.2, 0.25) is 0 Å². The highest BCUT2D eigenvalue weighted by atomic mass is 16.4. The average molecular weight is 265 g/mol. The van der Waals surface area contributed by atoms with Crippen LogP contribution in [0, 0.1) is 0 Å². The van der Waals surface area contributed by atoms with Crippen LogP contribution in [0.4, 0.5) is 5.69 Å². The molecule has 0 atom stereocenters. The van der Waals surface area contributed by atoms with Crippen molar-refractivity contribution in [1.29, 1.82) is 0 Å². The van der Waals surface area contributed by atoms with E-state index in [1.165, 1.54) is 0 Å². The van der Waals surface area contributed by atoms with Crippen LogP contribution in [0.2, 0.25) is 0 Å². The Balaban J connectivity index is 3.01. The summed E-state index contributed by atoms with van der Waals surface area (Å²) in [4.78, 5) is 8.54. The van der Waals surface area contributed by atoms with Gasteiger partial charge in [-0.05, 0) is 32.6 Å². The predicted molar refractivity (Wildman–Crippen MR) is 77.8 cm³/mol. The van der Waals surface area contributed by atoms with Gasteiger partial charge in [0.1, 0.15) is 5.69 Å². The Morgan fingerprint density at radius 1 is 1.37 bits per heavy atom. The summed E-state index contributed by atoms with van der Waals surface area (Å²) < 4.78 is 0. The van der Waals surface area contributed by atoms with Crippen molar-refractivity contribution in [3.63, 3.8) is 0 Å². The van der Waals surface area contributed by atoms with Crippen molar-refractivity contribution in [2.75, 3.05) is 38.6 Å². The minimum absolute atomic E-state index is 0.0431. The maximum Gasteiger partial charge on any atom is 0.190 e. The van der Waals surface area contributed by atoms with Crippen LogP contribution in [-0.4, -0.2) is 54.7 Å². The van der Waals surface area contributed by atoms with Crippen molar-refractivity contribution < 1.29 is 5.21 Å². The number of hydrogen-bond donors (Lipinski definition) is 2. The summed E-state index contributed by atoms with van der Waals surface area (Å²) in [7, 11) is 4.08. The molecule has 1 aromatic heterocycles. The van der Waals surface area contributed by atoms with Crippen LogP contribution in [0.5, 0.6) is 0 Å². The summed E-state index contributed by atoms with van der Waals surface area (Å²) in [5.74, 6) is 0.0431. The van der Waals surface area contributed by atoms with E-state index >= 15 is 0 Å². The van der Waals surface area contributed by atoms with Gasteiger partial charge < -0.3 is 20.7 Å². The molecule has 1 aromatic rings. The Morgan fingerprint density at radius 3 is 2.68 bits per heavy atom. The third-order valence-electron chi connectivity index (χ3n) is 2.79. The molecule has 6 heteroatoms. The quantitative estimate of drug-likeness (QED) is 0.332. The highest BCUT2D eigenvalue weighted by Gasteiger charge is 2.14. The van der Waals surface area contributed by atoms with Gasteiger partial charge in [0.05, 0.1) is 5.69 Å². The Morgan fingerprint density at radius 2 is 2.11 bits per heavy atom. The predicted octanol–water partition coefficient (Wildman–Crippen LogP) is 0.954. The Labute approximate surface area is 114 Å². The lowest BCUT2D eigenvalue weighted by Crippen LogP contribution is -2.34. The van der Waals surface area contributed by atoms with Crippen molar-refractivity contribution in [2.45, 2.75) is 13.3 Å². The summed E-state index contributed by atoms with van der Waals surface area (Å²) in [6.45, 7) is 4.84. The molecule has 0 radical (unpaired) electrons. The van der Waals surface area contributed by atoms with Crippen LogP contribution in [0.25, 0.3) is 0 Å². The summed E-state index contributed by atoms with van der Waals surface area (Å²) in [6, 6.07) is 3.81. The van der Waals surface area contributed by atoms with E-state index in [1.807, 2.05) is 26.2 Å². The number of nitrogens with two attached hydrogens (primary N) is 1. The van der Waals surface area contributed by atoms with E-state index in [4.69, 9.17) is 10.9 Å². The smallest absolute Gasteiger partial charge is 0.190 e. The number of amidine groups is 1. The van der Waals surface area contributed by atoms with Crippen LogP contribution in [0.15, 0.2) is 23.5 Å². The third kappa shape index (κ3) is 4.40. The van der Waals surface area contributed by atoms with Crippen molar-refractivity contribution in [2.24, 2.45) is 10.9 Å². The van der Waals surface area contributed by atoms with Gasteiger partial charge in [-0.15, -0.1) is 0 Å². The zero-order valence-electron chi connectivity index (χ0n) is 11.9. The first-order chi connectivity index (χ1) is 9.10. The van der Waals surface area contributed by atoms with E-state index in [0.29, 0.717) is 5.69 Å². The fraction of sp³-hybridized carbons (Fsp3) is 0.538. The second-order valence-corrected chi connectivity index (χ2v) is 4.65. The van der Waals surface area contributed by atoms with Gasteiger partial charge in [-0.2, -0.15) is 0 Å². The molecule has 0 amide bonds. The molecule has 0 spiro atoms. The molecule has 19 heavy (non-hydrogen) atoms. The fourth-order valence-electron chi connectivity index (χ4n) is 1.84. The molecule has 0 fully saturated rings. The Hall–Kier alpha value is -1.82. The molecule has 3 N–H and O–H groups in total. The molecule has 106 valence electrons. The minimum atomic E-state index is 0.0431. The van der Waals surface area contributed by atoms with Crippen molar-refractivity contribution in [1.82, 2.24) is 9.88 Å². The highest BCUT2D eigenvalue weighted by molar-refractivity contribution is 6.00. The molecule has 0 aliphatic carbocycles. The van der Waals surface area contributed by atoms with E-state index in [0.717, 1.165) is 31.7 Å². The molecule has 0 aliphatic rings. The largest absolute Gasteiger partial charge is 0.409 e. The zero-order valence-corrected chi connectivity index (χ0v) is 11.9. The number of nitrogens with zero attached hydrogens (tertiary/aromatic N) is 4. The molecule has 0 aliphatic heterocycles. The topological polar surface area (TPSA) is 78.0 Å². The van der Waals surface area contributed by atoms with Gasteiger partial charge in [-0.25, -0.2) is 0 Å². The monoisotopic (exact) mass is 265 g/mol. The molecule has 0 saturated carbocycles. The van der Waals surface area contributed by atoms with E-state index < -0.39 is 0 Å². The summed E-state index contributed by atoms with van der Waals surface area (Å²) in [6.07, 6.45) is 2.67. The molecule has 0 aromatic carbocycles. The molecular formula is C13H23N5O. The number of likely N-dealkylation sites (N-methyl/N-ethyl adjacent to an activating group) is 1. The van der Waals surface area contributed by atoms with E-state index in [9.17, 15) is 0 Å². The number of rotatable bonds is 7. The average Bonchev–Trinajstić information content (AvgIpc) is 2.42. The van der Waals surface area contributed by atoms with Gasteiger partial charge in [-0.3, -0.25) is 4.98 Å². The first kappa shape index (κ1) is 15.2. The normalized spacial score (nSPS) is 11.9. The van der Waals surface area contributed by atoms with E-state index in [2.05, 4.69) is 26.9 Å². The summed E-state index contributed by atoms with van der Waals surface area (Å²) in [5.41, 5.74) is 7.11. The lowest BCUT2D eigenvalue weighted by Gasteiger charge is -2.27. The minimum Gasteiger partial charge on any atom is -0.409 e. The molecule has 0 bridgehead atoms. The lowest BCUT2D eigenvalue weighted by molar-refractivity contribution is 0.318. The maximum absolute atomic E-state index is 8.84. The molecule has 6 nitrogen and oxygen atoms in total. The van der Waals surface area contributed by atoms with Gasteiger partial charge in [0.15, 0.2) is 5.84 Å². The van der Waals surface area contributed by atoms with Crippen molar-refractivity contribution >= 4 is 11.5 Å². The standard InChI is InChI=1S/C13H23N5O/c1-4-8-18(10-9-17(2)3)11-6-5-7-15-12(11)13(14)16-19/h5-7,19H,4,8-10H2,1-3H3,(H2,14,16). The second kappa shape index (κ2) is 7.58. The van der Waals surface area contributed by atoms with Gasteiger partial charge in [0, 0.05) is 25.8 Å². The first-order valence-corrected chi connectivity index (χ1v) is 6.42. The number of oxime groups is 1. The molecule has 0 saturated heterocycles. The van der Waals surface area contributed by atoms with Gasteiger partial charge in [-0.1, -0.05) is 12.1 Å². The van der Waals surface area contributed by atoms with Crippen molar-refractivity contribution in [3.05, 3.63) is 24.0 Å². The maximum atomic E-state index is 8.84. The van der Waals surface area contributed by atoms with E-state index in [-0.39, 0.29) is 5.84 Å². The zero-order chi connectivity index (χ0) is 14.3. The molecular weight excluding hydrogens is 242 g/mol. The third-order valence-corrected chi connectivity index (χ3v) is 2.79. The van der Waals surface area contributed by atoms with Gasteiger partial charge >= 0.3 is 0 Å². The van der Waals surface area contributed by atoms with Crippen LogP contribution >= 0.6 is 0 Å². The van der Waals surface area contributed by atoms with Crippen LogP contribution in [0.1, 0.15) is 19.0 Å². The number of hydrogen-bond acceptors (Lipinski definition) is 5. The molecule has 0 unspecified atom stereocenters.